The van der Waals surface area contributed by atoms with Crippen LogP contribution in [0.4, 0.5) is 4.39 Å². The van der Waals surface area contributed by atoms with E-state index < -0.39 is 5.82 Å². The van der Waals surface area contributed by atoms with Crippen LogP contribution in [-0.2, 0) is 0 Å². The van der Waals surface area contributed by atoms with Crippen LogP contribution < -0.4 is 5.56 Å². The molecule has 0 amide bonds. The number of nitrogens with one attached hydrogen (secondary N) is 1. The Bertz CT molecular complexity index is 733. The lowest BCUT2D eigenvalue weighted by atomic mass is 10.2. The van der Waals surface area contributed by atoms with Crippen molar-refractivity contribution in [2.24, 2.45) is 0 Å². The molecular formula is C11H8ClFN2OS. The summed E-state index contributed by atoms with van der Waals surface area (Å²) in [6.45, 7) is 0. The Labute approximate surface area is 106 Å². The number of rotatable bonds is 1. The van der Waals surface area contributed by atoms with Crippen LogP contribution in [0, 0.1) is 10.6 Å². The lowest BCUT2D eigenvalue weighted by Crippen LogP contribution is -2.21. The van der Waals surface area contributed by atoms with Crippen molar-refractivity contribution in [3.63, 3.8) is 0 Å². The molecule has 6 heteroatoms. The SMILES string of the molecule is O=c1c2c(Cl)ccc(F)c2[nH]c(=S)n1C1CC1. The molecule has 3 nitrogen and oxygen atoms in total. The molecule has 1 aliphatic carbocycles. The van der Waals surface area contributed by atoms with E-state index in [1.165, 1.54) is 16.7 Å². The second kappa shape index (κ2) is 3.65. The Kier molecular flexibility index (Phi) is 2.34. The number of benzene rings is 1. The van der Waals surface area contributed by atoms with Gasteiger partial charge in [0.05, 0.1) is 15.9 Å². The van der Waals surface area contributed by atoms with Gasteiger partial charge >= 0.3 is 0 Å². The maximum Gasteiger partial charge on any atom is 0.264 e. The molecular weight excluding hydrogens is 263 g/mol. The molecule has 17 heavy (non-hydrogen) atoms. The second-order valence-corrected chi connectivity index (χ2v) is 4.91. The van der Waals surface area contributed by atoms with Gasteiger partial charge in [0.2, 0.25) is 0 Å². The molecule has 1 heterocycles. The van der Waals surface area contributed by atoms with Gasteiger partial charge in [0.15, 0.2) is 4.77 Å². The molecule has 1 saturated carbocycles. The molecule has 0 aliphatic heterocycles. The Hall–Kier alpha value is -1.20. The highest BCUT2D eigenvalue weighted by atomic mass is 35.5. The largest absolute Gasteiger partial charge is 0.329 e. The first-order valence-electron chi connectivity index (χ1n) is 5.22. The van der Waals surface area contributed by atoms with Crippen LogP contribution in [0.25, 0.3) is 10.9 Å². The van der Waals surface area contributed by atoms with Gasteiger partial charge in [-0.1, -0.05) is 11.6 Å². The topological polar surface area (TPSA) is 37.8 Å². The van der Waals surface area contributed by atoms with Crippen molar-refractivity contribution in [2.45, 2.75) is 18.9 Å². The van der Waals surface area contributed by atoms with Gasteiger partial charge in [0.25, 0.3) is 5.56 Å². The number of fused-ring (bicyclic) bond motifs is 1. The Morgan fingerprint density at radius 2 is 2.18 bits per heavy atom. The molecule has 0 spiro atoms. The summed E-state index contributed by atoms with van der Waals surface area (Å²) >= 11 is 11.0. The van der Waals surface area contributed by atoms with Gasteiger partial charge in [-0.15, -0.1) is 0 Å². The zero-order valence-electron chi connectivity index (χ0n) is 8.67. The van der Waals surface area contributed by atoms with Crippen LogP contribution in [0.3, 0.4) is 0 Å². The maximum atomic E-state index is 13.6. The van der Waals surface area contributed by atoms with Gasteiger partial charge in [0, 0.05) is 6.04 Å². The van der Waals surface area contributed by atoms with Crippen LogP contribution in [0.2, 0.25) is 5.02 Å². The molecule has 1 fully saturated rings. The first-order chi connectivity index (χ1) is 8.09. The van der Waals surface area contributed by atoms with Gasteiger partial charge < -0.3 is 4.98 Å². The molecule has 0 bridgehead atoms. The van der Waals surface area contributed by atoms with E-state index in [-0.39, 0.29) is 32.3 Å². The minimum atomic E-state index is -0.518. The molecule has 1 aliphatic rings. The number of aromatic amines is 1. The van der Waals surface area contributed by atoms with E-state index in [0.29, 0.717) is 0 Å². The third-order valence-corrected chi connectivity index (χ3v) is 3.51. The fraction of sp³-hybridized carbons (Fsp3) is 0.273. The van der Waals surface area contributed by atoms with Crippen molar-refractivity contribution >= 4 is 34.7 Å². The minimum Gasteiger partial charge on any atom is -0.329 e. The zero-order valence-corrected chi connectivity index (χ0v) is 10.2. The number of hydrogen-bond donors (Lipinski definition) is 1. The molecule has 0 saturated heterocycles. The molecule has 88 valence electrons. The highest BCUT2D eigenvalue weighted by Gasteiger charge is 2.27. The average molecular weight is 271 g/mol. The van der Waals surface area contributed by atoms with E-state index >= 15 is 0 Å². The number of nitrogens with zero attached hydrogens (tertiary/aromatic N) is 1. The van der Waals surface area contributed by atoms with Gasteiger partial charge in [-0.25, -0.2) is 4.39 Å². The van der Waals surface area contributed by atoms with Crippen LogP contribution in [0.15, 0.2) is 16.9 Å². The quantitative estimate of drug-likeness (QED) is 0.808. The van der Waals surface area contributed by atoms with Gasteiger partial charge in [-0.05, 0) is 37.2 Å². The predicted molar refractivity (Wildman–Crippen MR) is 66.6 cm³/mol. The number of hydrogen-bond acceptors (Lipinski definition) is 2. The zero-order chi connectivity index (χ0) is 12.2. The number of H-pyrrole nitrogens is 1. The fourth-order valence-corrected chi connectivity index (χ4v) is 2.50. The first kappa shape index (κ1) is 10.9. The van der Waals surface area contributed by atoms with E-state index in [4.69, 9.17) is 23.8 Å². The standard InChI is InChI=1S/C11H8ClFN2OS/c12-6-3-4-7(13)9-8(6)10(16)15(5-1-2-5)11(17)14-9/h3-5H,1-2H2,(H,14,17). The lowest BCUT2D eigenvalue weighted by molar-refractivity contribution is 0.630. The molecule has 1 aromatic heterocycles. The lowest BCUT2D eigenvalue weighted by Gasteiger charge is -2.07. The number of halogens is 2. The van der Waals surface area contributed by atoms with Gasteiger partial charge in [0.1, 0.15) is 5.82 Å². The summed E-state index contributed by atoms with van der Waals surface area (Å²) in [6, 6.07) is 2.74. The maximum absolute atomic E-state index is 13.6. The highest BCUT2D eigenvalue weighted by molar-refractivity contribution is 7.71. The monoisotopic (exact) mass is 270 g/mol. The second-order valence-electron chi connectivity index (χ2n) is 4.12. The van der Waals surface area contributed by atoms with Crippen LogP contribution in [0.1, 0.15) is 18.9 Å². The Balaban J connectivity index is 2.53. The van der Waals surface area contributed by atoms with Crippen LogP contribution in [0.5, 0.6) is 0 Å². The highest BCUT2D eigenvalue weighted by Crippen LogP contribution is 2.34. The first-order valence-corrected chi connectivity index (χ1v) is 6.01. The van der Waals surface area contributed by atoms with Crippen molar-refractivity contribution in [3.05, 3.63) is 38.1 Å². The van der Waals surface area contributed by atoms with Crippen molar-refractivity contribution in [2.75, 3.05) is 0 Å². The molecule has 1 aromatic carbocycles. The van der Waals surface area contributed by atoms with E-state index in [9.17, 15) is 9.18 Å². The summed E-state index contributed by atoms with van der Waals surface area (Å²) in [5.74, 6) is -0.518. The van der Waals surface area contributed by atoms with E-state index in [0.717, 1.165) is 12.8 Å². The average Bonchev–Trinajstić information content (AvgIpc) is 3.07. The Morgan fingerprint density at radius 3 is 2.82 bits per heavy atom. The van der Waals surface area contributed by atoms with Gasteiger partial charge in [-0.3, -0.25) is 9.36 Å². The predicted octanol–water partition coefficient (Wildman–Crippen LogP) is 3.19. The van der Waals surface area contributed by atoms with E-state index in [1.807, 2.05) is 0 Å². The van der Waals surface area contributed by atoms with Crippen LogP contribution >= 0.6 is 23.8 Å². The Morgan fingerprint density at radius 1 is 1.47 bits per heavy atom. The molecule has 0 unspecified atom stereocenters. The summed E-state index contributed by atoms with van der Waals surface area (Å²) in [7, 11) is 0. The smallest absolute Gasteiger partial charge is 0.264 e. The molecule has 2 aromatic rings. The minimum absolute atomic E-state index is 0.0874. The summed E-state index contributed by atoms with van der Waals surface area (Å²) in [5.41, 5.74) is -0.222. The van der Waals surface area contributed by atoms with Crippen LogP contribution in [-0.4, -0.2) is 9.55 Å². The molecule has 1 N–H and O–H groups in total. The third-order valence-electron chi connectivity index (χ3n) is 2.90. The third kappa shape index (κ3) is 1.61. The summed E-state index contributed by atoms with van der Waals surface area (Å²) in [4.78, 5) is 15.0. The number of aromatic nitrogens is 2. The molecule has 3 rings (SSSR count). The summed E-state index contributed by atoms with van der Waals surface area (Å²) in [6.07, 6.45) is 1.85. The van der Waals surface area contributed by atoms with Crippen molar-refractivity contribution in [1.29, 1.82) is 0 Å². The van der Waals surface area contributed by atoms with E-state index in [1.54, 1.807) is 0 Å². The van der Waals surface area contributed by atoms with Crippen molar-refractivity contribution in [3.8, 4) is 0 Å². The summed E-state index contributed by atoms with van der Waals surface area (Å²) < 4.78 is 15.3. The fourth-order valence-electron chi connectivity index (χ4n) is 1.93. The molecule has 0 atom stereocenters. The van der Waals surface area contributed by atoms with Crippen molar-refractivity contribution in [1.82, 2.24) is 9.55 Å². The van der Waals surface area contributed by atoms with E-state index in [2.05, 4.69) is 4.98 Å². The summed E-state index contributed by atoms with van der Waals surface area (Å²) in [5, 5.41) is 0.416. The molecule has 0 radical (unpaired) electrons. The normalized spacial score (nSPS) is 15.4. The van der Waals surface area contributed by atoms with Gasteiger partial charge in [-0.2, -0.15) is 0 Å². The van der Waals surface area contributed by atoms with Crippen molar-refractivity contribution < 1.29 is 4.39 Å².